The molecule has 27 heavy (non-hydrogen) atoms. The van der Waals surface area contributed by atoms with Crippen LogP contribution in [0.2, 0.25) is 0 Å². The smallest absolute Gasteiger partial charge is 0.328 e. The number of carbonyl (C=O) groups excluding carboxylic acids is 3. The number of amides is 2. The fraction of sp³-hybridized carbons (Fsp3) is 0.556. The molecule has 3 rings (SSSR count). The van der Waals surface area contributed by atoms with E-state index in [2.05, 4.69) is 20.4 Å². The third kappa shape index (κ3) is 3.23. The summed E-state index contributed by atoms with van der Waals surface area (Å²) in [6, 6.07) is -0.889. The summed E-state index contributed by atoms with van der Waals surface area (Å²) in [6.07, 6.45) is 1.88. The molecule has 1 saturated heterocycles. The fourth-order valence-corrected chi connectivity index (χ4v) is 3.82. The molecule has 0 aliphatic carbocycles. The highest BCUT2D eigenvalue weighted by molar-refractivity contribution is 6.03. The van der Waals surface area contributed by atoms with Crippen LogP contribution in [0.25, 0.3) is 0 Å². The lowest BCUT2D eigenvalue weighted by molar-refractivity contribution is -0.151. The fourth-order valence-electron chi connectivity index (χ4n) is 3.82. The molecular formula is C18H23N3O6. The molecule has 1 fully saturated rings. The van der Waals surface area contributed by atoms with Gasteiger partial charge >= 0.3 is 5.97 Å². The van der Waals surface area contributed by atoms with Crippen LogP contribution in [0.5, 0.6) is 5.75 Å². The topological polar surface area (TPSA) is 127 Å². The predicted octanol–water partition coefficient (Wildman–Crippen LogP) is -0.112. The van der Waals surface area contributed by atoms with E-state index in [0.29, 0.717) is 29.0 Å². The van der Waals surface area contributed by atoms with Gasteiger partial charge in [-0.25, -0.2) is 4.79 Å². The number of aryl methyl sites for hydroxylation is 1. The lowest BCUT2D eigenvalue weighted by Crippen LogP contribution is -2.63. The van der Waals surface area contributed by atoms with Gasteiger partial charge in [0.15, 0.2) is 5.72 Å². The second kappa shape index (κ2) is 6.80. The van der Waals surface area contributed by atoms with Crippen LogP contribution in [0.3, 0.4) is 0 Å². The van der Waals surface area contributed by atoms with Crippen LogP contribution >= 0.6 is 0 Å². The van der Waals surface area contributed by atoms with Gasteiger partial charge in [0.2, 0.25) is 11.8 Å². The van der Waals surface area contributed by atoms with Gasteiger partial charge in [0.05, 0.1) is 19.4 Å². The highest BCUT2D eigenvalue weighted by Gasteiger charge is 2.53. The molecule has 146 valence electrons. The third-order valence-corrected chi connectivity index (χ3v) is 5.08. The van der Waals surface area contributed by atoms with Gasteiger partial charge in [0, 0.05) is 29.7 Å². The number of nitrogens with zero attached hydrogens (tertiary/aromatic N) is 1. The Morgan fingerprint density at radius 3 is 2.89 bits per heavy atom. The molecule has 1 aromatic heterocycles. The molecule has 1 aromatic rings. The first-order valence-corrected chi connectivity index (χ1v) is 8.69. The van der Waals surface area contributed by atoms with Crippen molar-refractivity contribution in [2.24, 2.45) is 5.92 Å². The number of methoxy groups -OCH3 is 1. The number of piperidine rings is 1. The molecule has 0 unspecified atom stereocenters. The maximum absolute atomic E-state index is 12.8. The zero-order valence-corrected chi connectivity index (χ0v) is 15.7. The van der Waals surface area contributed by atoms with E-state index in [1.165, 1.54) is 20.2 Å². The summed E-state index contributed by atoms with van der Waals surface area (Å²) in [5.74, 6) is -2.79. The molecular weight excluding hydrogens is 354 g/mol. The molecule has 2 amide bonds. The average Bonchev–Trinajstić information content (AvgIpc) is 2.60. The van der Waals surface area contributed by atoms with E-state index in [1.54, 1.807) is 13.8 Å². The van der Waals surface area contributed by atoms with Crippen LogP contribution in [0.1, 0.15) is 43.0 Å². The van der Waals surface area contributed by atoms with Crippen LogP contribution in [-0.4, -0.2) is 46.8 Å². The number of aliphatic hydroxyl groups excluding tert-OH is 1. The molecule has 9 heteroatoms. The number of fused-ring (bicyclic) bond motifs is 4. The molecule has 2 aliphatic rings. The summed E-state index contributed by atoms with van der Waals surface area (Å²) in [5, 5.41) is 15.0. The molecule has 2 bridgehead atoms. The summed E-state index contributed by atoms with van der Waals surface area (Å²) in [5.41, 5.74) is 0.760. The monoisotopic (exact) mass is 377 g/mol. The maximum Gasteiger partial charge on any atom is 0.328 e. The van der Waals surface area contributed by atoms with Crippen LogP contribution < -0.4 is 15.4 Å². The molecule has 3 heterocycles. The van der Waals surface area contributed by atoms with Gasteiger partial charge in [-0.05, 0) is 20.8 Å². The first-order valence-electron chi connectivity index (χ1n) is 8.69. The van der Waals surface area contributed by atoms with Crippen molar-refractivity contribution < 1.29 is 29.0 Å². The number of ether oxygens (including phenoxy) is 2. The van der Waals surface area contributed by atoms with Gasteiger partial charge in [0.1, 0.15) is 17.7 Å². The van der Waals surface area contributed by atoms with E-state index >= 15 is 0 Å². The number of carbonyl (C=O) groups is 3. The number of pyridine rings is 1. The van der Waals surface area contributed by atoms with Gasteiger partial charge in [-0.2, -0.15) is 0 Å². The Kier molecular flexibility index (Phi) is 4.81. The zero-order valence-electron chi connectivity index (χ0n) is 15.7. The van der Waals surface area contributed by atoms with E-state index in [0.717, 1.165) is 0 Å². The van der Waals surface area contributed by atoms with E-state index in [1.807, 2.05) is 0 Å². The van der Waals surface area contributed by atoms with Gasteiger partial charge in [-0.1, -0.05) is 0 Å². The van der Waals surface area contributed by atoms with Crippen molar-refractivity contribution >= 4 is 17.8 Å². The Balaban J connectivity index is 2.02. The summed E-state index contributed by atoms with van der Waals surface area (Å²) < 4.78 is 10.6. The number of aromatic nitrogens is 1. The Hall–Kier alpha value is -2.68. The lowest BCUT2D eigenvalue weighted by atomic mass is 9.73. The van der Waals surface area contributed by atoms with Crippen molar-refractivity contribution in [2.45, 2.75) is 51.5 Å². The molecule has 9 nitrogen and oxygen atoms in total. The van der Waals surface area contributed by atoms with E-state index < -0.39 is 41.4 Å². The first-order chi connectivity index (χ1) is 12.7. The van der Waals surface area contributed by atoms with Crippen LogP contribution in [0.15, 0.2) is 6.20 Å². The SMILES string of the molecule is COC(=O)[C@@H](C)NC(=O)[C@H]1C(=O)N[C@@]2(C)C[C@@H]1c1c(CO)cnc(C)c1O2. The number of rotatable bonds is 4. The Morgan fingerprint density at radius 2 is 2.26 bits per heavy atom. The van der Waals surface area contributed by atoms with Crippen molar-refractivity contribution in [1.82, 2.24) is 15.6 Å². The second-order valence-corrected chi connectivity index (χ2v) is 7.13. The average molecular weight is 377 g/mol. The van der Waals surface area contributed by atoms with Crippen molar-refractivity contribution in [1.29, 1.82) is 0 Å². The summed E-state index contributed by atoms with van der Waals surface area (Å²) in [6.45, 7) is 4.69. The minimum absolute atomic E-state index is 0.291. The third-order valence-electron chi connectivity index (χ3n) is 5.08. The Bertz CT molecular complexity index is 811. The van der Waals surface area contributed by atoms with Gasteiger partial charge in [-0.15, -0.1) is 0 Å². The second-order valence-electron chi connectivity index (χ2n) is 7.13. The number of hydrogen-bond acceptors (Lipinski definition) is 7. The first kappa shape index (κ1) is 19.1. The van der Waals surface area contributed by atoms with Crippen LogP contribution in [-0.2, 0) is 25.7 Å². The van der Waals surface area contributed by atoms with E-state index in [9.17, 15) is 19.5 Å². The highest BCUT2D eigenvalue weighted by atomic mass is 16.5. The number of hydrogen-bond donors (Lipinski definition) is 3. The van der Waals surface area contributed by atoms with E-state index in [-0.39, 0.29) is 6.61 Å². The van der Waals surface area contributed by atoms with Crippen LogP contribution in [0.4, 0.5) is 0 Å². The van der Waals surface area contributed by atoms with Gasteiger partial charge < -0.3 is 25.2 Å². The molecule has 4 atom stereocenters. The van der Waals surface area contributed by atoms with E-state index in [4.69, 9.17) is 4.74 Å². The molecule has 3 N–H and O–H groups in total. The number of aliphatic hydroxyl groups is 1. The van der Waals surface area contributed by atoms with Crippen molar-refractivity contribution in [2.75, 3.05) is 7.11 Å². The molecule has 2 aliphatic heterocycles. The number of esters is 1. The zero-order chi connectivity index (χ0) is 19.9. The summed E-state index contributed by atoms with van der Waals surface area (Å²) in [4.78, 5) is 41.4. The lowest BCUT2D eigenvalue weighted by Gasteiger charge is -2.47. The highest BCUT2D eigenvalue weighted by Crippen LogP contribution is 2.49. The minimum atomic E-state index is -1.07. The van der Waals surface area contributed by atoms with Crippen molar-refractivity contribution in [3.05, 3.63) is 23.0 Å². The summed E-state index contributed by atoms with van der Waals surface area (Å²) >= 11 is 0. The molecule has 0 aromatic carbocycles. The summed E-state index contributed by atoms with van der Waals surface area (Å²) in [7, 11) is 1.22. The predicted molar refractivity (Wildman–Crippen MR) is 92.5 cm³/mol. The molecule has 0 saturated carbocycles. The minimum Gasteiger partial charge on any atom is -0.467 e. The largest absolute Gasteiger partial charge is 0.467 e. The Morgan fingerprint density at radius 1 is 1.56 bits per heavy atom. The van der Waals surface area contributed by atoms with Crippen LogP contribution in [0, 0.1) is 12.8 Å². The van der Waals surface area contributed by atoms with Gasteiger partial charge in [-0.3, -0.25) is 14.6 Å². The van der Waals surface area contributed by atoms with Crippen molar-refractivity contribution in [3.8, 4) is 5.75 Å². The normalized spacial score (nSPS) is 26.9. The maximum atomic E-state index is 12.8. The van der Waals surface area contributed by atoms with Gasteiger partial charge in [0.25, 0.3) is 0 Å². The standard InChI is InChI=1S/C18H23N3O6/c1-8-14-12(10(7-22)6-19-8)11-5-18(3,27-14)21-16(24)13(11)15(23)20-9(2)17(25)26-4/h6,9,11,13,22H,5,7H2,1-4H3,(H,20,23)(H,21,24)/t9-,11-,13+,18-/m1/s1. The molecule has 0 radical (unpaired) electrons. The Labute approximate surface area is 156 Å². The molecule has 0 spiro atoms. The van der Waals surface area contributed by atoms with Crippen molar-refractivity contribution in [3.63, 3.8) is 0 Å². The quantitative estimate of drug-likeness (QED) is 0.493. The number of nitrogens with one attached hydrogen (secondary N) is 2.